The zero-order chi connectivity index (χ0) is 11.4. The first kappa shape index (κ1) is 11.1. The fraction of sp³-hybridized carbons (Fsp3) is 0.250. The summed E-state index contributed by atoms with van der Waals surface area (Å²) in [5.41, 5.74) is 0.852. The van der Waals surface area contributed by atoms with E-state index >= 15 is 0 Å². The van der Waals surface area contributed by atoms with E-state index in [1.54, 1.807) is 29.5 Å². The summed E-state index contributed by atoms with van der Waals surface area (Å²) in [5.74, 6) is -0.0676. The second kappa shape index (κ2) is 5.07. The van der Waals surface area contributed by atoms with E-state index in [2.05, 4.69) is 11.9 Å². The Morgan fingerprint density at radius 3 is 2.88 bits per heavy atom. The number of nitrogens with zero attached hydrogens (tertiary/aromatic N) is 1. The molecule has 4 heteroatoms. The smallest absolute Gasteiger partial charge is 0.165 e. The zero-order valence-electron chi connectivity index (χ0n) is 8.94. The summed E-state index contributed by atoms with van der Waals surface area (Å²) < 4.78 is 18.6. The van der Waals surface area contributed by atoms with Gasteiger partial charge in [0.1, 0.15) is 6.61 Å². The van der Waals surface area contributed by atoms with Crippen LogP contribution in [-0.4, -0.2) is 4.98 Å². The Labute approximate surface area is 97.7 Å². The quantitative estimate of drug-likeness (QED) is 0.812. The molecule has 2 aromatic rings. The molecular formula is C12H12FNOS. The van der Waals surface area contributed by atoms with E-state index in [9.17, 15) is 4.39 Å². The van der Waals surface area contributed by atoms with E-state index in [-0.39, 0.29) is 11.6 Å². The Hall–Kier alpha value is -1.42. The maximum Gasteiger partial charge on any atom is 0.165 e. The lowest BCUT2D eigenvalue weighted by atomic mass is 10.3. The van der Waals surface area contributed by atoms with Crippen LogP contribution in [0.4, 0.5) is 4.39 Å². The highest BCUT2D eigenvalue weighted by Gasteiger charge is 2.04. The van der Waals surface area contributed by atoms with Gasteiger partial charge in [-0.3, -0.25) is 0 Å². The summed E-state index contributed by atoms with van der Waals surface area (Å²) in [6, 6.07) is 6.38. The van der Waals surface area contributed by atoms with Crippen LogP contribution < -0.4 is 4.74 Å². The summed E-state index contributed by atoms with van der Waals surface area (Å²) in [5, 5.41) is 3.02. The minimum atomic E-state index is -0.339. The molecule has 0 saturated carbocycles. The molecule has 0 unspecified atom stereocenters. The van der Waals surface area contributed by atoms with Crippen molar-refractivity contribution < 1.29 is 9.13 Å². The maximum atomic E-state index is 13.2. The van der Waals surface area contributed by atoms with Gasteiger partial charge in [0, 0.05) is 5.38 Å². The van der Waals surface area contributed by atoms with E-state index < -0.39 is 0 Å². The maximum absolute atomic E-state index is 13.2. The number of benzene rings is 1. The molecule has 0 fully saturated rings. The Bertz CT molecular complexity index is 470. The van der Waals surface area contributed by atoms with Crippen molar-refractivity contribution in [3.63, 3.8) is 0 Å². The van der Waals surface area contributed by atoms with E-state index in [0.717, 1.165) is 17.1 Å². The van der Waals surface area contributed by atoms with Crippen LogP contribution >= 0.6 is 11.3 Å². The van der Waals surface area contributed by atoms with Crippen LogP contribution in [0.15, 0.2) is 29.6 Å². The highest BCUT2D eigenvalue weighted by atomic mass is 32.1. The van der Waals surface area contributed by atoms with Crippen molar-refractivity contribution in [3.05, 3.63) is 46.2 Å². The van der Waals surface area contributed by atoms with Crippen LogP contribution in [0, 0.1) is 5.82 Å². The Morgan fingerprint density at radius 1 is 1.38 bits per heavy atom. The SMILES string of the molecule is CCc1nc(COc2ccccc2F)cs1. The fourth-order valence-corrected chi connectivity index (χ4v) is 2.02. The molecule has 0 aliphatic heterocycles. The van der Waals surface area contributed by atoms with E-state index in [0.29, 0.717) is 6.61 Å². The van der Waals surface area contributed by atoms with Crippen molar-refractivity contribution in [2.75, 3.05) is 0 Å². The molecule has 16 heavy (non-hydrogen) atoms. The molecule has 0 bridgehead atoms. The van der Waals surface area contributed by atoms with Gasteiger partial charge in [-0.2, -0.15) is 0 Å². The largest absolute Gasteiger partial charge is 0.484 e. The number of thiazole rings is 1. The Morgan fingerprint density at radius 2 is 2.19 bits per heavy atom. The topological polar surface area (TPSA) is 22.1 Å². The minimum absolute atomic E-state index is 0.272. The van der Waals surface area contributed by atoms with Crippen molar-refractivity contribution in [1.82, 2.24) is 4.98 Å². The lowest BCUT2D eigenvalue weighted by Gasteiger charge is -2.04. The van der Waals surface area contributed by atoms with Gasteiger partial charge in [0.15, 0.2) is 11.6 Å². The molecule has 0 N–H and O–H groups in total. The number of rotatable bonds is 4. The van der Waals surface area contributed by atoms with Crippen LogP contribution in [0.2, 0.25) is 0 Å². The third kappa shape index (κ3) is 2.58. The number of halogens is 1. The molecule has 84 valence electrons. The van der Waals surface area contributed by atoms with Crippen molar-refractivity contribution >= 4 is 11.3 Å². The van der Waals surface area contributed by atoms with Gasteiger partial charge in [-0.25, -0.2) is 9.37 Å². The van der Waals surface area contributed by atoms with Gasteiger partial charge < -0.3 is 4.74 Å². The van der Waals surface area contributed by atoms with Gasteiger partial charge in [-0.05, 0) is 18.6 Å². The molecule has 1 aromatic heterocycles. The number of hydrogen-bond donors (Lipinski definition) is 0. The summed E-state index contributed by atoms with van der Waals surface area (Å²) in [6.45, 7) is 2.37. The van der Waals surface area contributed by atoms with Crippen LogP contribution in [0.3, 0.4) is 0 Å². The van der Waals surface area contributed by atoms with E-state index in [4.69, 9.17) is 4.74 Å². The minimum Gasteiger partial charge on any atom is -0.484 e. The van der Waals surface area contributed by atoms with Crippen molar-refractivity contribution in [2.24, 2.45) is 0 Å². The van der Waals surface area contributed by atoms with Crippen LogP contribution in [0.25, 0.3) is 0 Å². The molecule has 0 atom stereocenters. The lowest BCUT2D eigenvalue weighted by Crippen LogP contribution is -1.97. The van der Waals surface area contributed by atoms with Gasteiger partial charge in [0.25, 0.3) is 0 Å². The molecule has 0 amide bonds. The molecule has 0 spiro atoms. The molecule has 2 nitrogen and oxygen atoms in total. The second-order valence-corrected chi connectivity index (χ2v) is 4.25. The van der Waals surface area contributed by atoms with Crippen molar-refractivity contribution in [1.29, 1.82) is 0 Å². The molecule has 1 heterocycles. The van der Waals surface area contributed by atoms with E-state index in [1.807, 2.05) is 5.38 Å². The number of para-hydroxylation sites is 1. The van der Waals surface area contributed by atoms with Gasteiger partial charge in [-0.15, -0.1) is 11.3 Å². The summed E-state index contributed by atoms with van der Waals surface area (Å²) in [6.07, 6.45) is 0.921. The number of hydrogen-bond acceptors (Lipinski definition) is 3. The van der Waals surface area contributed by atoms with Crippen LogP contribution in [0.5, 0.6) is 5.75 Å². The van der Waals surface area contributed by atoms with Crippen LogP contribution in [0.1, 0.15) is 17.6 Å². The first-order chi connectivity index (χ1) is 7.79. The average Bonchev–Trinajstić information content (AvgIpc) is 2.76. The number of ether oxygens (including phenoxy) is 1. The van der Waals surface area contributed by atoms with Gasteiger partial charge in [-0.1, -0.05) is 19.1 Å². The molecule has 0 radical (unpaired) electrons. The summed E-state index contributed by atoms with van der Waals surface area (Å²) in [4.78, 5) is 4.34. The number of aryl methyl sites for hydroxylation is 1. The molecule has 0 saturated heterocycles. The first-order valence-electron chi connectivity index (χ1n) is 5.10. The Balaban J connectivity index is 1.99. The normalized spacial score (nSPS) is 10.4. The number of aromatic nitrogens is 1. The third-order valence-electron chi connectivity index (χ3n) is 2.11. The monoisotopic (exact) mass is 237 g/mol. The van der Waals surface area contributed by atoms with Crippen molar-refractivity contribution in [3.8, 4) is 5.75 Å². The molecule has 1 aromatic carbocycles. The third-order valence-corrected chi connectivity index (χ3v) is 3.16. The average molecular weight is 237 g/mol. The second-order valence-electron chi connectivity index (χ2n) is 3.31. The fourth-order valence-electron chi connectivity index (χ4n) is 1.29. The summed E-state index contributed by atoms with van der Waals surface area (Å²) in [7, 11) is 0. The molecule has 0 aliphatic carbocycles. The van der Waals surface area contributed by atoms with Crippen molar-refractivity contribution in [2.45, 2.75) is 20.0 Å². The van der Waals surface area contributed by atoms with Gasteiger partial charge >= 0.3 is 0 Å². The predicted molar refractivity (Wildman–Crippen MR) is 62.2 cm³/mol. The van der Waals surface area contributed by atoms with Gasteiger partial charge in [0.2, 0.25) is 0 Å². The molecule has 0 aliphatic rings. The highest BCUT2D eigenvalue weighted by molar-refractivity contribution is 7.09. The standard InChI is InChI=1S/C12H12FNOS/c1-2-12-14-9(8-16-12)7-15-11-6-4-3-5-10(11)13/h3-6,8H,2,7H2,1H3. The molecular weight excluding hydrogens is 225 g/mol. The lowest BCUT2D eigenvalue weighted by molar-refractivity contribution is 0.286. The molecule has 2 rings (SSSR count). The summed E-state index contributed by atoms with van der Waals surface area (Å²) >= 11 is 1.60. The first-order valence-corrected chi connectivity index (χ1v) is 5.98. The van der Waals surface area contributed by atoms with Gasteiger partial charge in [0.05, 0.1) is 10.7 Å². The van der Waals surface area contributed by atoms with E-state index in [1.165, 1.54) is 6.07 Å². The Kier molecular flexibility index (Phi) is 3.51. The van der Waals surface area contributed by atoms with Crippen LogP contribution in [-0.2, 0) is 13.0 Å². The predicted octanol–water partition coefficient (Wildman–Crippen LogP) is 3.42. The highest BCUT2D eigenvalue weighted by Crippen LogP contribution is 2.18. The zero-order valence-corrected chi connectivity index (χ0v) is 9.76.